The zero-order chi connectivity index (χ0) is 17.6. The van der Waals surface area contributed by atoms with E-state index in [0.717, 1.165) is 32.1 Å². The van der Waals surface area contributed by atoms with Crippen LogP contribution < -0.4 is 10.6 Å². The fourth-order valence-corrected chi connectivity index (χ4v) is 4.02. The SMILES string of the molecule is CCC(=Cc1ccccc1)[C@@H]1C[C@H]1N[C@H]1CC[C@@H](NCC(=O)O)CC1. The summed E-state index contributed by atoms with van der Waals surface area (Å²) >= 11 is 0. The molecule has 1 aromatic rings. The lowest BCUT2D eigenvalue weighted by Gasteiger charge is -2.29. The van der Waals surface area contributed by atoms with Gasteiger partial charge in [-0.1, -0.05) is 48.9 Å². The Hall–Kier alpha value is -1.65. The van der Waals surface area contributed by atoms with Crippen molar-refractivity contribution in [2.24, 2.45) is 5.92 Å². The molecule has 0 amide bonds. The van der Waals surface area contributed by atoms with Crippen LogP contribution >= 0.6 is 0 Å². The number of carboxylic acids is 1. The first-order valence-electron chi connectivity index (χ1n) is 9.62. The Morgan fingerprint density at radius 1 is 1.16 bits per heavy atom. The monoisotopic (exact) mass is 342 g/mol. The largest absolute Gasteiger partial charge is 0.480 e. The van der Waals surface area contributed by atoms with Crippen LogP contribution in [0.1, 0.15) is 51.0 Å². The molecular weight excluding hydrogens is 312 g/mol. The highest BCUT2D eigenvalue weighted by Crippen LogP contribution is 2.40. The maximum Gasteiger partial charge on any atom is 0.317 e. The van der Waals surface area contributed by atoms with Crippen molar-refractivity contribution >= 4 is 12.0 Å². The van der Waals surface area contributed by atoms with Gasteiger partial charge in [-0.25, -0.2) is 0 Å². The van der Waals surface area contributed by atoms with Crippen LogP contribution in [-0.4, -0.2) is 35.7 Å². The predicted octanol–water partition coefficient (Wildman–Crippen LogP) is 3.44. The minimum Gasteiger partial charge on any atom is -0.480 e. The van der Waals surface area contributed by atoms with E-state index in [1.807, 2.05) is 0 Å². The van der Waals surface area contributed by atoms with Gasteiger partial charge in [0.1, 0.15) is 0 Å². The third-order valence-electron chi connectivity index (χ3n) is 5.55. The van der Waals surface area contributed by atoms with E-state index in [0.29, 0.717) is 24.0 Å². The number of nitrogens with one attached hydrogen (secondary N) is 2. The molecule has 3 rings (SSSR count). The normalized spacial score (nSPS) is 29.4. The Morgan fingerprint density at radius 2 is 1.84 bits per heavy atom. The van der Waals surface area contributed by atoms with E-state index in [1.54, 1.807) is 5.57 Å². The van der Waals surface area contributed by atoms with E-state index in [1.165, 1.54) is 12.0 Å². The third kappa shape index (κ3) is 5.41. The minimum absolute atomic E-state index is 0.0810. The number of hydrogen-bond acceptors (Lipinski definition) is 3. The summed E-state index contributed by atoms with van der Waals surface area (Å²) in [5, 5.41) is 15.7. The van der Waals surface area contributed by atoms with E-state index in [2.05, 4.69) is 54.0 Å². The minimum atomic E-state index is -0.765. The number of benzene rings is 1. The van der Waals surface area contributed by atoms with Crippen LogP contribution in [0.25, 0.3) is 6.08 Å². The van der Waals surface area contributed by atoms with Gasteiger partial charge >= 0.3 is 5.97 Å². The molecule has 0 spiro atoms. The Morgan fingerprint density at radius 3 is 2.48 bits per heavy atom. The zero-order valence-electron chi connectivity index (χ0n) is 15.1. The Bertz CT molecular complexity index is 591. The van der Waals surface area contributed by atoms with Gasteiger partial charge < -0.3 is 15.7 Å². The molecule has 2 fully saturated rings. The molecule has 2 atom stereocenters. The topological polar surface area (TPSA) is 61.4 Å². The number of aliphatic carboxylic acids is 1. The first kappa shape index (κ1) is 18.2. The lowest BCUT2D eigenvalue weighted by Crippen LogP contribution is -2.42. The molecule has 4 nitrogen and oxygen atoms in total. The van der Waals surface area contributed by atoms with Gasteiger partial charge in [0.05, 0.1) is 6.54 Å². The van der Waals surface area contributed by atoms with Gasteiger partial charge in [-0.3, -0.25) is 4.79 Å². The Kier molecular flexibility index (Phi) is 6.27. The molecule has 0 saturated heterocycles. The fourth-order valence-electron chi connectivity index (χ4n) is 4.02. The molecular formula is C21H30N2O2. The van der Waals surface area contributed by atoms with Crippen LogP contribution in [0.5, 0.6) is 0 Å². The number of hydrogen-bond donors (Lipinski definition) is 3. The van der Waals surface area contributed by atoms with Crippen molar-refractivity contribution in [3.05, 3.63) is 41.5 Å². The number of rotatable bonds is 8. The average Bonchev–Trinajstić information content (AvgIpc) is 3.39. The predicted molar refractivity (Wildman–Crippen MR) is 101 cm³/mol. The molecule has 0 bridgehead atoms. The van der Waals surface area contributed by atoms with Crippen LogP contribution in [0.15, 0.2) is 35.9 Å². The van der Waals surface area contributed by atoms with E-state index >= 15 is 0 Å². The summed E-state index contributed by atoms with van der Waals surface area (Å²) in [5.74, 6) is -0.0774. The zero-order valence-corrected chi connectivity index (χ0v) is 15.1. The second-order valence-electron chi connectivity index (χ2n) is 7.42. The van der Waals surface area contributed by atoms with Crippen molar-refractivity contribution < 1.29 is 9.90 Å². The molecule has 136 valence electrons. The molecule has 25 heavy (non-hydrogen) atoms. The van der Waals surface area contributed by atoms with Crippen LogP contribution in [0.2, 0.25) is 0 Å². The van der Waals surface area contributed by atoms with Crippen molar-refractivity contribution in [2.45, 2.75) is 63.6 Å². The van der Waals surface area contributed by atoms with Crippen LogP contribution in [0, 0.1) is 5.92 Å². The highest BCUT2D eigenvalue weighted by molar-refractivity contribution is 5.69. The maximum absolute atomic E-state index is 10.6. The first-order valence-corrected chi connectivity index (χ1v) is 9.62. The van der Waals surface area contributed by atoms with Gasteiger partial charge in [0.25, 0.3) is 0 Å². The second-order valence-corrected chi connectivity index (χ2v) is 7.42. The van der Waals surface area contributed by atoms with Gasteiger partial charge in [-0.05, 0) is 50.0 Å². The standard InChI is InChI=1S/C21H30N2O2/c1-2-16(12-15-6-4-3-5-7-15)19-13-20(19)23-18-10-8-17(9-11-18)22-14-21(24)25/h3-7,12,17-20,22-23H,2,8-11,13-14H2,1H3,(H,24,25)/t17-,18+,19-,20+/m0/s1. The van der Waals surface area contributed by atoms with Crippen LogP contribution in [0.4, 0.5) is 0 Å². The fraction of sp³-hybridized carbons (Fsp3) is 0.571. The Labute approximate surface area is 150 Å². The summed E-state index contributed by atoms with van der Waals surface area (Å²) in [6.07, 6.45) is 9.16. The summed E-state index contributed by atoms with van der Waals surface area (Å²) < 4.78 is 0. The van der Waals surface area contributed by atoms with E-state index in [4.69, 9.17) is 5.11 Å². The third-order valence-corrected chi connectivity index (χ3v) is 5.55. The highest BCUT2D eigenvalue weighted by Gasteiger charge is 2.40. The summed E-state index contributed by atoms with van der Waals surface area (Å²) in [5.41, 5.74) is 2.86. The average molecular weight is 342 g/mol. The molecule has 0 aliphatic heterocycles. The lowest BCUT2D eigenvalue weighted by atomic mass is 9.91. The van der Waals surface area contributed by atoms with Crippen molar-refractivity contribution in [1.82, 2.24) is 10.6 Å². The van der Waals surface area contributed by atoms with E-state index < -0.39 is 5.97 Å². The van der Waals surface area contributed by atoms with Gasteiger partial charge in [0, 0.05) is 18.1 Å². The van der Waals surface area contributed by atoms with Crippen molar-refractivity contribution in [3.63, 3.8) is 0 Å². The molecule has 0 aromatic heterocycles. The van der Waals surface area contributed by atoms with Crippen molar-refractivity contribution in [1.29, 1.82) is 0 Å². The van der Waals surface area contributed by atoms with Gasteiger partial charge in [-0.15, -0.1) is 0 Å². The van der Waals surface area contributed by atoms with E-state index in [9.17, 15) is 4.79 Å². The maximum atomic E-state index is 10.6. The molecule has 0 radical (unpaired) electrons. The highest BCUT2D eigenvalue weighted by atomic mass is 16.4. The Balaban J connectivity index is 1.44. The van der Waals surface area contributed by atoms with Crippen LogP contribution in [-0.2, 0) is 4.79 Å². The van der Waals surface area contributed by atoms with E-state index in [-0.39, 0.29) is 6.54 Å². The second kappa shape index (κ2) is 8.63. The van der Waals surface area contributed by atoms with Crippen LogP contribution in [0.3, 0.4) is 0 Å². The molecule has 0 unspecified atom stereocenters. The summed E-state index contributed by atoms with van der Waals surface area (Å²) in [7, 11) is 0. The summed E-state index contributed by atoms with van der Waals surface area (Å²) in [6, 6.07) is 12.2. The number of carbonyl (C=O) groups is 1. The van der Waals surface area contributed by atoms with Gasteiger partial charge in [0.2, 0.25) is 0 Å². The number of carboxylic acid groups (broad SMARTS) is 1. The smallest absolute Gasteiger partial charge is 0.317 e. The van der Waals surface area contributed by atoms with Crippen molar-refractivity contribution in [3.8, 4) is 0 Å². The molecule has 1 aromatic carbocycles. The molecule has 3 N–H and O–H groups in total. The lowest BCUT2D eigenvalue weighted by molar-refractivity contribution is -0.136. The van der Waals surface area contributed by atoms with Crippen molar-refractivity contribution in [2.75, 3.05) is 6.54 Å². The van der Waals surface area contributed by atoms with Gasteiger partial charge in [-0.2, -0.15) is 0 Å². The first-order chi connectivity index (χ1) is 12.2. The molecule has 2 aliphatic carbocycles. The summed E-state index contributed by atoms with van der Waals surface area (Å²) in [4.78, 5) is 10.6. The van der Waals surface area contributed by atoms with Gasteiger partial charge in [0.15, 0.2) is 0 Å². The quantitative estimate of drug-likeness (QED) is 0.677. The molecule has 4 heteroatoms. The summed E-state index contributed by atoms with van der Waals surface area (Å²) in [6.45, 7) is 2.33. The molecule has 2 aliphatic rings. The molecule has 2 saturated carbocycles. The molecule has 0 heterocycles.